The van der Waals surface area contributed by atoms with E-state index in [0.717, 1.165) is 5.56 Å². The molecule has 1 rings (SSSR count). The van der Waals surface area contributed by atoms with Crippen LogP contribution in [-0.4, -0.2) is 20.1 Å². The lowest BCUT2D eigenvalue weighted by Gasteiger charge is -2.12. The number of halogens is 1. The van der Waals surface area contributed by atoms with E-state index in [9.17, 15) is 0 Å². The maximum Gasteiger partial charge on any atom is 0.161 e. The first kappa shape index (κ1) is 11.1. The van der Waals surface area contributed by atoms with Crippen molar-refractivity contribution < 1.29 is 9.47 Å². The van der Waals surface area contributed by atoms with Crippen LogP contribution in [0.3, 0.4) is 0 Å². The van der Waals surface area contributed by atoms with Gasteiger partial charge in [0.15, 0.2) is 11.5 Å². The van der Waals surface area contributed by atoms with Gasteiger partial charge in [0.25, 0.3) is 0 Å². The Bertz CT molecular complexity index is 304. The Hall–Kier alpha value is -0.930. The van der Waals surface area contributed by atoms with Gasteiger partial charge in [0.1, 0.15) is 0 Å². The van der Waals surface area contributed by atoms with Crippen molar-refractivity contribution in [1.82, 2.24) is 0 Å². The number of methoxy groups -OCH3 is 2. The summed E-state index contributed by atoms with van der Waals surface area (Å²) < 4.78 is 10.3. The molecule has 0 bridgehead atoms. The minimum atomic E-state index is -0.170. The van der Waals surface area contributed by atoms with E-state index in [0.29, 0.717) is 17.4 Å². The standard InChI is InChI=1S/C10H14ClNO2/c1-13-9-4-3-7(8(12)6-11)5-10(9)14-2/h3-5,8H,6,12H2,1-2H3. The zero-order valence-electron chi connectivity index (χ0n) is 8.29. The minimum absolute atomic E-state index is 0.170. The van der Waals surface area contributed by atoms with E-state index in [1.165, 1.54) is 0 Å². The molecule has 1 aromatic rings. The molecule has 78 valence electrons. The van der Waals surface area contributed by atoms with Gasteiger partial charge in [0.05, 0.1) is 14.2 Å². The summed E-state index contributed by atoms with van der Waals surface area (Å²) in [6, 6.07) is 5.37. The normalized spacial score (nSPS) is 12.3. The van der Waals surface area contributed by atoms with Crippen LogP contribution in [0.4, 0.5) is 0 Å². The molecule has 0 aromatic heterocycles. The van der Waals surface area contributed by atoms with Crippen LogP contribution in [-0.2, 0) is 0 Å². The van der Waals surface area contributed by atoms with Gasteiger partial charge in [-0.25, -0.2) is 0 Å². The maximum atomic E-state index is 5.78. The van der Waals surface area contributed by atoms with Crippen LogP contribution in [0.25, 0.3) is 0 Å². The highest BCUT2D eigenvalue weighted by atomic mass is 35.5. The number of alkyl halides is 1. The molecule has 3 nitrogen and oxygen atoms in total. The Morgan fingerprint density at radius 1 is 1.29 bits per heavy atom. The second-order valence-electron chi connectivity index (χ2n) is 2.88. The molecule has 1 unspecified atom stereocenters. The van der Waals surface area contributed by atoms with Gasteiger partial charge in [-0.1, -0.05) is 6.07 Å². The molecule has 0 aliphatic rings. The Morgan fingerprint density at radius 3 is 2.43 bits per heavy atom. The van der Waals surface area contributed by atoms with Crippen molar-refractivity contribution in [3.8, 4) is 11.5 Å². The summed E-state index contributed by atoms with van der Waals surface area (Å²) >= 11 is 5.66. The Balaban J connectivity index is 3.01. The minimum Gasteiger partial charge on any atom is -0.493 e. The van der Waals surface area contributed by atoms with Gasteiger partial charge in [-0.05, 0) is 17.7 Å². The van der Waals surface area contributed by atoms with Crippen LogP contribution in [0.2, 0.25) is 0 Å². The first-order valence-corrected chi connectivity index (χ1v) is 4.79. The van der Waals surface area contributed by atoms with Gasteiger partial charge in [0, 0.05) is 11.9 Å². The third kappa shape index (κ3) is 2.30. The largest absolute Gasteiger partial charge is 0.493 e. The quantitative estimate of drug-likeness (QED) is 0.781. The fraction of sp³-hybridized carbons (Fsp3) is 0.400. The van der Waals surface area contributed by atoms with Gasteiger partial charge in [-0.15, -0.1) is 11.6 Å². The monoisotopic (exact) mass is 215 g/mol. The van der Waals surface area contributed by atoms with Gasteiger partial charge < -0.3 is 15.2 Å². The molecular formula is C10H14ClNO2. The predicted octanol–water partition coefficient (Wildman–Crippen LogP) is 1.94. The second kappa shape index (κ2) is 5.08. The van der Waals surface area contributed by atoms with Crippen molar-refractivity contribution in [3.63, 3.8) is 0 Å². The highest BCUT2D eigenvalue weighted by molar-refractivity contribution is 6.18. The molecule has 0 spiro atoms. The maximum absolute atomic E-state index is 5.78. The van der Waals surface area contributed by atoms with Gasteiger partial charge >= 0.3 is 0 Å². The number of nitrogens with two attached hydrogens (primary N) is 1. The third-order valence-electron chi connectivity index (χ3n) is 2.00. The highest BCUT2D eigenvalue weighted by Gasteiger charge is 2.09. The summed E-state index contributed by atoms with van der Waals surface area (Å²) in [7, 11) is 3.19. The lowest BCUT2D eigenvalue weighted by atomic mass is 10.1. The van der Waals surface area contributed by atoms with E-state index < -0.39 is 0 Å². The van der Waals surface area contributed by atoms with Crippen molar-refractivity contribution >= 4 is 11.6 Å². The fourth-order valence-corrected chi connectivity index (χ4v) is 1.35. The summed E-state index contributed by atoms with van der Waals surface area (Å²) in [5.74, 6) is 1.75. The molecule has 0 saturated heterocycles. The summed E-state index contributed by atoms with van der Waals surface area (Å²) in [6.45, 7) is 0. The van der Waals surface area contributed by atoms with Crippen molar-refractivity contribution in [2.75, 3.05) is 20.1 Å². The number of hydrogen-bond donors (Lipinski definition) is 1. The first-order chi connectivity index (χ1) is 6.72. The van der Waals surface area contributed by atoms with E-state index in [4.69, 9.17) is 26.8 Å². The van der Waals surface area contributed by atoms with E-state index in [1.54, 1.807) is 14.2 Å². The zero-order chi connectivity index (χ0) is 10.6. The number of ether oxygens (including phenoxy) is 2. The molecule has 0 aliphatic carbocycles. The van der Waals surface area contributed by atoms with E-state index in [1.807, 2.05) is 18.2 Å². The second-order valence-corrected chi connectivity index (χ2v) is 3.18. The van der Waals surface area contributed by atoms with E-state index in [2.05, 4.69) is 0 Å². The van der Waals surface area contributed by atoms with Crippen molar-refractivity contribution in [2.24, 2.45) is 5.73 Å². The number of benzene rings is 1. The van der Waals surface area contributed by atoms with Crippen LogP contribution in [0.15, 0.2) is 18.2 Å². The van der Waals surface area contributed by atoms with E-state index in [-0.39, 0.29) is 6.04 Å². The summed E-state index contributed by atoms with van der Waals surface area (Å²) in [6.07, 6.45) is 0. The topological polar surface area (TPSA) is 44.5 Å². The van der Waals surface area contributed by atoms with Crippen LogP contribution in [0.1, 0.15) is 11.6 Å². The van der Waals surface area contributed by atoms with Crippen molar-refractivity contribution in [1.29, 1.82) is 0 Å². The molecule has 14 heavy (non-hydrogen) atoms. The molecule has 0 amide bonds. The van der Waals surface area contributed by atoms with Crippen molar-refractivity contribution in [3.05, 3.63) is 23.8 Å². The molecule has 1 atom stereocenters. The van der Waals surface area contributed by atoms with Crippen LogP contribution in [0, 0.1) is 0 Å². The molecule has 0 aliphatic heterocycles. The summed E-state index contributed by atoms with van der Waals surface area (Å²) in [4.78, 5) is 0. The van der Waals surface area contributed by atoms with Gasteiger partial charge in [-0.3, -0.25) is 0 Å². The van der Waals surface area contributed by atoms with Crippen molar-refractivity contribution in [2.45, 2.75) is 6.04 Å². The molecule has 2 N–H and O–H groups in total. The first-order valence-electron chi connectivity index (χ1n) is 4.26. The summed E-state index contributed by atoms with van der Waals surface area (Å²) in [5.41, 5.74) is 6.72. The molecule has 1 aromatic carbocycles. The Kier molecular flexibility index (Phi) is 4.04. The van der Waals surface area contributed by atoms with Crippen LogP contribution >= 0.6 is 11.6 Å². The van der Waals surface area contributed by atoms with Gasteiger partial charge in [0.2, 0.25) is 0 Å². The lowest BCUT2D eigenvalue weighted by Crippen LogP contribution is -2.11. The van der Waals surface area contributed by atoms with E-state index >= 15 is 0 Å². The smallest absolute Gasteiger partial charge is 0.161 e. The Labute approximate surface area is 88.8 Å². The molecule has 0 fully saturated rings. The highest BCUT2D eigenvalue weighted by Crippen LogP contribution is 2.29. The average Bonchev–Trinajstić information content (AvgIpc) is 2.26. The molecular weight excluding hydrogens is 202 g/mol. The predicted molar refractivity (Wildman–Crippen MR) is 57.2 cm³/mol. The average molecular weight is 216 g/mol. The molecule has 4 heteroatoms. The van der Waals surface area contributed by atoms with Gasteiger partial charge in [-0.2, -0.15) is 0 Å². The zero-order valence-corrected chi connectivity index (χ0v) is 9.04. The number of hydrogen-bond acceptors (Lipinski definition) is 3. The lowest BCUT2D eigenvalue weighted by molar-refractivity contribution is 0.354. The number of rotatable bonds is 4. The Morgan fingerprint density at radius 2 is 1.93 bits per heavy atom. The molecule has 0 saturated carbocycles. The SMILES string of the molecule is COc1ccc(C(N)CCl)cc1OC. The fourth-order valence-electron chi connectivity index (χ4n) is 1.17. The third-order valence-corrected chi connectivity index (χ3v) is 2.33. The van der Waals surface area contributed by atoms with Crippen LogP contribution < -0.4 is 15.2 Å². The van der Waals surface area contributed by atoms with Crippen LogP contribution in [0.5, 0.6) is 11.5 Å². The molecule has 0 radical (unpaired) electrons. The summed E-state index contributed by atoms with van der Waals surface area (Å²) in [5, 5.41) is 0. The molecule has 0 heterocycles.